The number of carbonyl (C=O) groups excluding carboxylic acids is 2. The number of halogens is 2. The number of urea groups is 1. The SMILES string of the molecule is C[C@@]12CC3c4cc(Cl)c(F)cc4NC3[C@@H](c3cccc(O)c3)N1C(=O)N(CCNCC1CC1)C2=O. The minimum Gasteiger partial charge on any atom is -0.508 e. The van der Waals surface area contributed by atoms with Gasteiger partial charge in [-0.1, -0.05) is 23.7 Å². The fourth-order valence-corrected chi connectivity index (χ4v) is 6.28. The van der Waals surface area contributed by atoms with Gasteiger partial charge in [0, 0.05) is 24.7 Å². The standard InChI is InChI=1S/C26H28ClFN4O3/c1-26-12-18-17-10-19(27)20(28)11-21(17)30-22(18)23(15-3-2-4-16(33)9-15)32(26)25(35)31(24(26)34)8-7-29-13-14-5-6-14/h2-4,9-11,14,18,22-23,29-30,33H,5-8,12-13H2,1H3/t18?,22?,23-,26+/m1/s1. The number of piperidine rings is 1. The van der Waals surface area contributed by atoms with Gasteiger partial charge in [-0.25, -0.2) is 9.18 Å². The summed E-state index contributed by atoms with van der Waals surface area (Å²) in [7, 11) is 0. The van der Waals surface area contributed by atoms with E-state index in [4.69, 9.17) is 11.6 Å². The molecule has 0 bridgehead atoms. The first-order valence-corrected chi connectivity index (χ1v) is 12.6. The van der Waals surface area contributed by atoms with Crippen molar-refractivity contribution in [3.05, 3.63) is 58.4 Å². The predicted molar refractivity (Wildman–Crippen MR) is 130 cm³/mol. The van der Waals surface area contributed by atoms with E-state index in [1.807, 2.05) is 13.0 Å². The van der Waals surface area contributed by atoms with Crippen molar-refractivity contribution in [3.8, 4) is 5.75 Å². The molecule has 4 aliphatic rings. The lowest BCUT2D eigenvalue weighted by Gasteiger charge is -2.48. The fourth-order valence-electron chi connectivity index (χ4n) is 6.11. The number of hydrogen-bond acceptors (Lipinski definition) is 5. The summed E-state index contributed by atoms with van der Waals surface area (Å²) in [5, 5.41) is 17.0. The number of imide groups is 1. The van der Waals surface area contributed by atoms with Crippen LogP contribution >= 0.6 is 11.6 Å². The Balaban J connectivity index is 1.38. The first-order chi connectivity index (χ1) is 16.8. The highest BCUT2D eigenvalue weighted by Crippen LogP contribution is 2.56. The van der Waals surface area contributed by atoms with E-state index < -0.39 is 17.4 Å². The molecule has 3 heterocycles. The Kier molecular flexibility index (Phi) is 5.23. The Labute approximate surface area is 208 Å². The Hall–Kier alpha value is -2.84. The first-order valence-electron chi connectivity index (χ1n) is 12.2. The molecule has 1 aliphatic carbocycles. The van der Waals surface area contributed by atoms with Gasteiger partial charge in [-0.2, -0.15) is 0 Å². The maximum absolute atomic E-state index is 14.3. The number of carbonyl (C=O) groups is 2. The van der Waals surface area contributed by atoms with Crippen LogP contribution in [0.25, 0.3) is 0 Å². The summed E-state index contributed by atoms with van der Waals surface area (Å²) < 4.78 is 14.3. The monoisotopic (exact) mass is 498 g/mol. The van der Waals surface area contributed by atoms with Gasteiger partial charge >= 0.3 is 6.03 Å². The molecule has 9 heteroatoms. The van der Waals surface area contributed by atoms with E-state index in [1.165, 1.54) is 23.8 Å². The van der Waals surface area contributed by atoms with Crippen LogP contribution in [0.1, 0.15) is 49.3 Å². The molecule has 1 saturated carbocycles. The third-order valence-corrected chi connectivity index (χ3v) is 8.30. The Morgan fingerprint density at radius 1 is 1.26 bits per heavy atom. The molecule has 35 heavy (non-hydrogen) atoms. The van der Waals surface area contributed by atoms with Crippen LogP contribution in [0.5, 0.6) is 5.75 Å². The number of anilines is 1. The molecule has 3 aliphatic heterocycles. The quantitative estimate of drug-likeness (QED) is 0.410. The second-order valence-electron chi connectivity index (χ2n) is 10.4. The molecule has 3 amide bonds. The molecule has 7 nitrogen and oxygen atoms in total. The van der Waals surface area contributed by atoms with Crippen molar-refractivity contribution in [1.82, 2.24) is 15.1 Å². The average molecular weight is 499 g/mol. The minimum atomic E-state index is -1.07. The summed E-state index contributed by atoms with van der Waals surface area (Å²) in [6.07, 6.45) is 2.86. The number of phenolic OH excluding ortho intramolecular Hbond substituents is 1. The summed E-state index contributed by atoms with van der Waals surface area (Å²) in [6.45, 7) is 3.59. The maximum atomic E-state index is 14.3. The minimum absolute atomic E-state index is 0.0323. The number of benzene rings is 2. The molecule has 0 spiro atoms. The molecule has 0 aromatic heterocycles. The lowest BCUT2D eigenvalue weighted by Crippen LogP contribution is -2.58. The molecule has 3 N–H and O–H groups in total. The zero-order valence-corrected chi connectivity index (χ0v) is 20.2. The highest BCUT2D eigenvalue weighted by Gasteiger charge is 2.63. The van der Waals surface area contributed by atoms with Gasteiger partial charge in [0.2, 0.25) is 0 Å². The molecule has 184 valence electrons. The van der Waals surface area contributed by atoms with Crippen LogP contribution in [0.15, 0.2) is 36.4 Å². The Bertz CT molecular complexity index is 1220. The fraction of sp³-hybridized carbons (Fsp3) is 0.462. The van der Waals surface area contributed by atoms with Crippen LogP contribution in [-0.2, 0) is 4.79 Å². The molecule has 2 aromatic carbocycles. The molecule has 4 atom stereocenters. The van der Waals surface area contributed by atoms with E-state index in [9.17, 15) is 19.1 Å². The van der Waals surface area contributed by atoms with Gasteiger partial charge in [0.15, 0.2) is 0 Å². The molecule has 2 aromatic rings. The number of aromatic hydroxyl groups is 1. The number of fused-ring (bicyclic) bond motifs is 4. The Morgan fingerprint density at radius 2 is 2.06 bits per heavy atom. The van der Waals surface area contributed by atoms with Crippen LogP contribution in [0.4, 0.5) is 14.9 Å². The topological polar surface area (TPSA) is 84.9 Å². The summed E-state index contributed by atoms with van der Waals surface area (Å²) in [6, 6.07) is 8.61. The second-order valence-corrected chi connectivity index (χ2v) is 10.8. The van der Waals surface area contributed by atoms with Crippen molar-refractivity contribution in [2.24, 2.45) is 5.92 Å². The molecule has 6 rings (SSSR count). The van der Waals surface area contributed by atoms with Crippen molar-refractivity contribution >= 4 is 29.2 Å². The number of hydrogen-bond donors (Lipinski definition) is 3. The van der Waals surface area contributed by atoms with Gasteiger partial charge in [0.05, 0.1) is 17.1 Å². The van der Waals surface area contributed by atoms with Gasteiger partial charge in [0.1, 0.15) is 17.1 Å². The van der Waals surface area contributed by atoms with Crippen LogP contribution < -0.4 is 10.6 Å². The second kappa shape index (κ2) is 8.10. The van der Waals surface area contributed by atoms with Crippen molar-refractivity contribution < 1.29 is 19.1 Å². The normalized spacial score (nSPS) is 29.2. The van der Waals surface area contributed by atoms with Crippen molar-refractivity contribution in [3.63, 3.8) is 0 Å². The van der Waals surface area contributed by atoms with Gasteiger partial charge < -0.3 is 20.6 Å². The van der Waals surface area contributed by atoms with Gasteiger partial charge in [-0.15, -0.1) is 0 Å². The van der Waals surface area contributed by atoms with E-state index in [-0.39, 0.29) is 34.7 Å². The number of nitrogens with one attached hydrogen (secondary N) is 2. The predicted octanol–water partition coefficient (Wildman–Crippen LogP) is 4.23. The van der Waals surface area contributed by atoms with Crippen molar-refractivity contribution in [2.75, 3.05) is 25.0 Å². The molecule has 2 saturated heterocycles. The maximum Gasteiger partial charge on any atom is 0.328 e. The highest BCUT2D eigenvalue weighted by molar-refractivity contribution is 6.31. The molecule has 0 radical (unpaired) electrons. The summed E-state index contributed by atoms with van der Waals surface area (Å²) in [5.41, 5.74) is 1.11. The van der Waals surface area contributed by atoms with E-state index in [0.717, 1.165) is 12.1 Å². The summed E-state index contributed by atoms with van der Waals surface area (Å²) in [5.74, 6) is -0.118. The summed E-state index contributed by atoms with van der Waals surface area (Å²) >= 11 is 6.13. The van der Waals surface area contributed by atoms with Crippen LogP contribution in [0.3, 0.4) is 0 Å². The summed E-state index contributed by atoms with van der Waals surface area (Å²) in [4.78, 5) is 30.5. The number of phenols is 1. The van der Waals surface area contributed by atoms with Crippen LogP contribution in [0.2, 0.25) is 5.02 Å². The zero-order valence-electron chi connectivity index (χ0n) is 19.4. The highest BCUT2D eigenvalue weighted by atomic mass is 35.5. The van der Waals surface area contributed by atoms with E-state index in [0.29, 0.717) is 36.7 Å². The number of amides is 3. The Morgan fingerprint density at radius 3 is 2.80 bits per heavy atom. The van der Waals surface area contributed by atoms with Crippen LogP contribution in [-0.4, -0.2) is 58.1 Å². The third kappa shape index (κ3) is 3.57. The van der Waals surface area contributed by atoms with E-state index in [2.05, 4.69) is 10.6 Å². The zero-order chi connectivity index (χ0) is 24.5. The first kappa shape index (κ1) is 22.6. The van der Waals surface area contributed by atoms with Gasteiger partial charge in [-0.3, -0.25) is 9.69 Å². The molecular formula is C26H28ClFN4O3. The molecular weight excluding hydrogens is 471 g/mol. The van der Waals surface area contributed by atoms with Gasteiger partial charge in [0.25, 0.3) is 5.91 Å². The smallest absolute Gasteiger partial charge is 0.328 e. The van der Waals surface area contributed by atoms with Crippen LogP contribution in [0, 0.1) is 11.7 Å². The van der Waals surface area contributed by atoms with Crippen molar-refractivity contribution in [2.45, 2.75) is 49.7 Å². The molecule has 3 fully saturated rings. The van der Waals surface area contributed by atoms with Gasteiger partial charge in [-0.05, 0) is 74.0 Å². The van der Waals surface area contributed by atoms with E-state index in [1.54, 1.807) is 29.2 Å². The molecule has 2 unspecified atom stereocenters. The number of nitrogens with zero attached hydrogens (tertiary/aromatic N) is 2. The number of rotatable bonds is 6. The van der Waals surface area contributed by atoms with Crippen molar-refractivity contribution in [1.29, 1.82) is 0 Å². The lowest BCUT2D eigenvalue weighted by atomic mass is 9.72. The average Bonchev–Trinajstić information content (AvgIpc) is 3.56. The lowest BCUT2D eigenvalue weighted by molar-refractivity contribution is -0.135. The third-order valence-electron chi connectivity index (χ3n) is 8.01. The largest absolute Gasteiger partial charge is 0.508 e. The van der Waals surface area contributed by atoms with E-state index >= 15 is 0 Å².